The van der Waals surface area contributed by atoms with E-state index in [0.717, 1.165) is 16.9 Å². The van der Waals surface area contributed by atoms with Crippen molar-refractivity contribution in [3.63, 3.8) is 0 Å². The number of anilines is 2. The topological polar surface area (TPSA) is 111 Å². The zero-order valence-corrected chi connectivity index (χ0v) is 12.6. The maximum Gasteiger partial charge on any atom is 0.247 e. The van der Waals surface area contributed by atoms with Gasteiger partial charge in [0, 0.05) is 29.6 Å². The summed E-state index contributed by atoms with van der Waals surface area (Å²) in [5.74, 6) is 0.438. The van der Waals surface area contributed by atoms with Crippen LogP contribution in [0.25, 0.3) is 0 Å². The van der Waals surface area contributed by atoms with Crippen molar-refractivity contribution in [2.75, 3.05) is 17.3 Å². The van der Waals surface area contributed by atoms with Crippen molar-refractivity contribution in [2.45, 2.75) is 12.3 Å². The summed E-state index contributed by atoms with van der Waals surface area (Å²) >= 11 is 0. The van der Waals surface area contributed by atoms with Gasteiger partial charge in [-0.05, 0) is 13.0 Å². The van der Waals surface area contributed by atoms with Crippen LogP contribution in [0.2, 0.25) is 0 Å². The molecule has 1 spiro atoms. The fraction of sp³-hybridized carbons (Fsp3) is 0.188. The van der Waals surface area contributed by atoms with E-state index in [1.807, 2.05) is 31.2 Å². The lowest BCUT2D eigenvalue weighted by Gasteiger charge is -2.33. The van der Waals surface area contributed by atoms with Gasteiger partial charge < -0.3 is 16.0 Å². The standard InChI is InChI=1S/C16H14N6O/c1-8-12-14(21-20-8)19-13(18)10(7-17)16(12)9-5-3-4-6-11(9)22(2)15(16)23/h3-6H,18H2,1-2H3,(H2,19,20,21). The molecule has 2 aliphatic heterocycles. The lowest BCUT2D eigenvalue weighted by atomic mass is 9.68. The number of carbonyl (C=O) groups is 1. The van der Waals surface area contributed by atoms with E-state index in [2.05, 4.69) is 21.6 Å². The monoisotopic (exact) mass is 306 g/mol. The van der Waals surface area contributed by atoms with Gasteiger partial charge in [0.1, 0.15) is 17.3 Å². The number of nitrogens with zero attached hydrogens (tertiary/aromatic N) is 3. The highest BCUT2D eigenvalue weighted by Crippen LogP contribution is 2.54. The molecule has 2 aromatic rings. The summed E-state index contributed by atoms with van der Waals surface area (Å²) < 4.78 is 0. The van der Waals surface area contributed by atoms with Crippen LogP contribution in [-0.2, 0) is 10.2 Å². The molecule has 1 atom stereocenters. The van der Waals surface area contributed by atoms with Gasteiger partial charge in [-0.1, -0.05) is 18.2 Å². The highest BCUT2D eigenvalue weighted by molar-refractivity contribution is 6.14. The number of aryl methyl sites for hydroxylation is 1. The number of aromatic amines is 1. The molecule has 0 bridgehead atoms. The van der Waals surface area contributed by atoms with Crippen LogP contribution in [0.3, 0.4) is 0 Å². The molecule has 4 rings (SSSR count). The Morgan fingerprint density at radius 2 is 2.13 bits per heavy atom. The molecule has 0 saturated carbocycles. The first-order chi connectivity index (χ1) is 11.0. The summed E-state index contributed by atoms with van der Waals surface area (Å²) in [5.41, 5.74) is 7.92. The number of rotatable bonds is 0. The summed E-state index contributed by atoms with van der Waals surface area (Å²) in [6.07, 6.45) is 0. The number of nitrogens with one attached hydrogen (secondary N) is 2. The van der Waals surface area contributed by atoms with Crippen molar-refractivity contribution in [3.05, 3.63) is 52.5 Å². The van der Waals surface area contributed by atoms with Crippen LogP contribution in [-0.4, -0.2) is 23.2 Å². The number of fused-ring (bicyclic) bond motifs is 4. The third-order valence-corrected chi connectivity index (χ3v) is 4.63. The van der Waals surface area contributed by atoms with Crippen molar-refractivity contribution in [1.29, 1.82) is 5.26 Å². The fourth-order valence-corrected chi connectivity index (χ4v) is 3.68. The molecule has 1 aromatic carbocycles. The Bertz CT molecular complexity index is 934. The van der Waals surface area contributed by atoms with Crippen molar-refractivity contribution >= 4 is 17.4 Å². The van der Waals surface area contributed by atoms with Crippen LogP contribution in [0.5, 0.6) is 0 Å². The molecule has 0 fully saturated rings. The number of amides is 1. The zero-order chi connectivity index (χ0) is 16.4. The summed E-state index contributed by atoms with van der Waals surface area (Å²) in [7, 11) is 1.71. The summed E-state index contributed by atoms with van der Waals surface area (Å²) in [5, 5.41) is 19.7. The number of hydrogen-bond acceptors (Lipinski definition) is 5. The highest BCUT2D eigenvalue weighted by atomic mass is 16.2. The molecule has 1 aromatic heterocycles. The number of aromatic nitrogens is 2. The van der Waals surface area contributed by atoms with E-state index in [4.69, 9.17) is 5.73 Å². The molecule has 3 heterocycles. The maximum atomic E-state index is 13.3. The average molecular weight is 306 g/mol. The van der Waals surface area contributed by atoms with E-state index in [0.29, 0.717) is 11.4 Å². The third kappa shape index (κ3) is 1.33. The van der Waals surface area contributed by atoms with Crippen LogP contribution in [0, 0.1) is 18.3 Å². The first-order valence-electron chi connectivity index (χ1n) is 7.14. The first-order valence-corrected chi connectivity index (χ1v) is 7.14. The highest BCUT2D eigenvalue weighted by Gasteiger charge is 2.58. The fourth-order valence-electron chi connectivity index (χ4n) is 3.68. The molecule has 4 N–H and O–H groups in total. The largest absolute Gasteiger partial charge is 0.384 e. The van der Waals surface area contributed by atoms with E-state index in [9.17, 15) is 10.1 Å². The predicted molar refractivity (Wildman–Crippen MR) is 84.4 cm³/mol. The third-order valence-electron chi connectivity index (χ3n) is 4.63. The van der Waals surface area contributed by atoms with Crippen LogP contribution in [0.15, 0.2) is 35.7 Å². The SMILES string of the molecule is Cc1[nH]nc2c1C1(C(=O)N(C)c3ccccc31)C(C#N)=C(N)N2. The molecule has 7 nitrogen and oxygen atoms in total. The van der Waals surface area contributed by atoms with Gasteiger partial charge in [-0.15, -0.1) is 0 Å². The quantitative estimate of drug-likeness (QED) is 0.675. The van der Waals surface area contributed by atoms with Crippen LogP contribution in [0.1, 0.15) is 16.8 Å². The van der Waals surface area contributed by atoms with Gasteiger partial charge in [0.25, 0.3) is 0 Å². The van der Waals surface area contributed by atoms with E-state index < -0.39 is 5.41 Å². The first kappa shape index (κ1) is 13.4. The molecule has 0 aliphatic carbocycles. The van der Waals surface area contributed by atoms with Gasteiger partial charge in [0.15, 0.2) is 5.82 Å². The molecule has 7 heteroatoms. The minimum absolute atomic E-state index is 0.157. The van der Waals surface area contributed by atoms with E-state index in [1.165, 1.54) is 0 Å². The predicted octanol–water partition coefficient (Wildman–Crippen LogP) is 1.10. The van der Waals surface area contributed by atoms with Crippen molar-refractivity contribution in [2.24, 2.45) is 5.73 Å². The van der Waals surface area contributed by atoms with Crippen LogP contribution >= 0.6 is 0 Å². The number of carbonyl (C=O) groups excluding carboxylic acids is 1. The van der Waals surface area contributed by atoms with Gasteiger partial charge in [-0.2, -0.15) is 10.4 Å². The minimum Gasteiger partial charge on any atom is -0.384 e. The molecule has 1 unspecified atom stereocenters. The lowest BCUT2D eigenvalue weighted by Crippen LogP contribution is -2.45. The summed E-state index contributed by atoms with van der Waals surface area (Å²) in [6, 6.07) is 9.59. The second-order valence-electron chi connectivity index (χ2n) is 5.73. The average Bonchev–Trinajstić information content (AvgIpc) is 3.01. The van der Waals surface area contributed by atoms with Gasteiger partial charge in [-0.3, -0.25) is 9.89 Å². The Hall–Kier alpha value is -3.27. The van der Waals surface area contributed by atoms with Crippen LogP contribution in [0.4, 0.5) is 11.5 Å². The molecule has 23 heavy (non-hydrogen) atoms. The lowest BCUT2D eigenvalue weighted by molar-refractivity contribution is -0.120. The number of H-pyrrole nitrogens is 1. The van der Waals surface area contributed by atoms with Crippen LogP contribution < -0.4 is 16.0 Å². The summed E-state index contributed by atoms with van der Waals surface area (Å²) in [6.45, 7) is 1.83. The minimum atomic E-state index is -1.25. The maximum absolute atomic E-state index is 13.3. The van der Waals surface area contributed by atoms with Crippen molar-refractivity contribution < 1.29 is 4.79 Å². The normalized spacial score (nSPS) is 22.0. The number of para-hydroxylation sites is 1. The van der Waals surface area contributed by atoms with E-state index >= 15 is 0 Å². The van der Waals surface area contributed by atoms with Gasteiger partial charge in [0.2, 0.25) is 5.91 Å². The Morgan fingerprint density at radius 3 is 2.87 bits per heavy atom. The van der Waals surface area contributed by atoms with Gasteiger partial charge in [-0.25, -0.2) is 0 Å². The molecule has 2 aliphatic rings. The Labute approximate surface area is 132 Å². The van der Waals surface area contributed by atoms with E-state index in [1.54, 1.807) is 11.9 Å². The zero-order valence-electron chi connectivity index (χ0n) is 12.6. The second kappa shape index (κ2) is 4.14. The van der Waals surface area contributed by atoms with Gasteiger partial charge in [0.05, 0.1) is 5.57 Å². The Kier molecular flexibility index (Phi) is 2.41. The van der Waals surface area contributed by atoms with Crippen molar-refractivity contribution in [3.8, 4) is 6.07 Å². The van der Waals surface area contributed by atoms with Gasteiger partial charge >= 0.3 is 0 Å². The molecular formula is C16H14N6O. The molecule has 114 valence electrons. The molecule has 1 amide bonds. The smallest absolute Gasteiger partial charge is 0.247 e. The molecule has 0 saturated heterocycles. The molecular weight excluding hydrogens is 292 g/mol. The Balaban J connectivity index is 2.20. The van der Waals surface area contributed by atoms with Crippen molar-refractivity contribution in [1.82, 2.24) is 10.2 Å². The number of likely N-dealkylation sites (N-methyl/N-ethyl adjacent to an activating group) is 1. The molecule has 0 radical (unpaired) electrons. The number of nitrogens with two attached hydrogens (primary N) is 1. The Morgan fingerprint density at radius 1 is 1.39 bits per heavy atom. The second-order valence-corrected chi connectivity index (χ2v) is 5.73. The summed E-state index contributed by atoms with van der Waals surface area (Å²) in [4.78, 5) is 14.9. The number of hydrogen-bond donors (Lipinski definition) is 3. The number of benzene rings is 1. The number of nitriles is 1. The van der Waals surface area contributed by atoms with E-state index in [-0.39, 0.29) is 17.3 Å².